The molecule has 0 aliphatic heterocycles. The van der Waals surface area contributed by atoms with Gasteiger partial charge in [-0.3, -0.25) is 0 Å². The summed E-state index contributed by atoms with van der Waals surface area (Å²) in [5, 5.41) is 12.8. The molecule has 0 radical (unpaired) electrons. The summed E-state index contributed by atoms with van der Waals surface area (Å²) in [6.45, 7) is 11.8. The van der Waals surface area contributed by atoms with E-state index in [1.807, 2.05) is 0 Å². The maximum atomic E-state index is 4.67. The highest BCUT2D eigenvalue weighted by atomic mass is 14.3. The first-order chi connectivity index (χ1) is 23.9. The molecule has 0 N–H and O–H groups in total. The smallest absolute Gasteiger partial charge is 0.00206 e. The lowest BCUT2D eigenvalue weighted by molar-refractivity contribution is 0.529. The number of allylic oxidation sites excluding steroid dienone is 7. The Morgan fingerprint density at radius 3 is 2.20 bits per heavy atom. The van der Waals surface area contributed by atoms with Crippen molar-refractivity contribution >= 4 is 61.3 Å². The molecule has 0 saturated heterocycles. The maximum absolute atomic E-state index is 4.67. The van der Waals surface area contributed by atoms with Crippen LogP contribution in [-0.4, -0.2) is 0 Å². The van der Waals surface area contributed by atoms with Crippen molar-refractivity contribution in [3.05, 3.63) is 172 Å². The Kier molecular flexibility index (Phi) is 6.85. The molecular formula is C49H40. The summed E-state index contributed by atoms with van der Waals surface area (Å²) in [5.41, 5.74) is 9.11. The quantitative estimate of drug-likeness (QED) is 0.167. The van der Waals surface area contributed by atoms with E-state index in [0.717, 1.165) is 18.1 Å². The van der Waals surface area contributed by atoms with E-state index < -0.39 is 0 Å². The molecule has 0 heteroatoms. The number of benzene rings is 7. The first-order valence-corrected chi connectivity index (χ1v) is 17.6. The van der Waals surface area contributed by atoms with E-state index in [1.54, 1.807) is 0 Å². The molecule has 0 nitrogen and oxygen atoms in total. The molecule has 2 aliphatic rings. The van der Waals surface area contributed by atoms with Crippen LogP contribution in [0.1, 0.15) is 43.9 Å². The number of hydrogen-bond acceptors (Lipinski definition) is 0. The Morgan fingerprint density at radius 2 is 1.37 bits per heavy atom. The van der Waals surface area contributed by atoms with Gasteiger partial charge in [-0.2, -0.15) is 0 Å². The molecule has 0 amide bonds. The van der Waals surface area contributed by atoms with E-state index in [2.05, 4.69) is 173 Å². The Balaban J connectivity index is 1.17. The van der Waals surface area contributed by atoms with Crippen molar-refractivity contribution < 1.29 is 0 Å². The van der Waals surface area contributed by atoms with Crippen molar-refractivity contribution in [3.63, 3.8) is 0 Å². The molecule has 9 rings (SSSR count). The monoisotopic (exact) mass is 628 g/mol. The molecule has 0 aromatic heterocycles. The van der Waals surface area contributed by atoms with Gasteiger partial charge in [-0.05, 0) is 117 Å². The normalized spacial score (nSPS) is 21.5. The van der Waals surface area contributed by atoms with E-state index >= 15 is 0 Å². The molecule has 2 aliphatic carbocycles. The molecule has 0 spiro atoms. The lowest BCUT2D eigenvalue weighted by Crippen LogP contribution is -2.27. The highest BCUT2D eigenvalue weighted by Crippen LogP contribution is 2.41. The Morgan fingerprint density at radius 1 is 0.673 bits per heavy atom. The minimum atomic E-state index is -0.0630. The zero-order valence-electron chi connectivity index (χ0n) is 28.6. The van der Waals surface area contributed by atoms with Crippen LogP contribution in [0.4, 0.5) is 0 Å². The third kappa shape index (κ3) is 4.89. The van der Waals surface area contributed by atoms with Crippen LogP contribution in [0.3, 0.4) is 0 Å². The predicted molar refractivity (Wildman–Crippen MR) is 214 cm³/mol. The third-order valence-corrected chi connectivity index (χ3v) is 11.1. The molecule has 0 heterocycles. The zero-order chi connectivity index (χ0) is 33.3. The van der Waals surface area contributed by atoms with Crippen LogP contribution >= 0.6 is 0 Å². The van der Waals surface area contributed by atoms with Gasteiger partial charge in [-0.15, -0.1) is 0 Å². The number of fused-ring (bicyclic) bond motifs is 2. The van der Waals surface area contributed by atoms with Crippen molar-refractivity contribution in [2.45, 2.75) is 39.0 Å². The van der Waals surface area contributed by atoms with Crippen molar-refractivity contribution in [1.29, 1.82) is 0 Å². The summed E-state index contributed by atoms with van der Waals surface area (Å²) in [6, 6.07) is 38.7. The van der Waals surface area contributed by atoms with Crippen molar-refractivity contribution in [2.75, 3.05) is 0 Å². The first-order valence-electron chi connectivity index (χ1n) is 17.6. The van der Waals surface area contributed by atoms with Crippen LogP contribution in [0.2, 0.25) is 0 Å². The Bertz CT molecular complexity index is 2690. The fourth-order valence-corrected chi connectivity index (χ4v) is 8.38. The van der Waals surface area contributed by atoms with Gasteiger partial charge in [0.2, 0.25) is 0 Å². The summed E-state index contributed by atoms with van der Waals surface area (Å²) < 4.78 is 0. The lowest BCUT2D eigenvalue weighted by atomic mass is 9.77. The Hall–Kier alpha value is -5.46. The molecule has 1 unspecified atom stereocenters. The minimum absolute atomic E-state index is 0.0630. The average molecular weight is 629 g/mol. The largest absolute Gasteiger partial charge is 0.0905 e. The maximum Gasteiger partial charge on any atom is -0.00206 e. The van der Waals surface area contributed by atoms with E-state index in [0.29, 0.717) is 5.92 Å². The number of hydrogen-bond donors (Lipinski definition) is 0. The highest BCUT2D eigenvalue weighted by Gasteiger charge is 2.25. The van der Waals surface area contributed by atoms with Crippen LogP contribution in [-0.2, 0) is 11.8 Å². The van der Waals surface area contributed by atoms with Crippen LogP contribution in [0.15, 0.2) is 145 Å². The van der Waals surface area contributed by atoms with E-state index in [4.69, 9.17) is 0 Å². The molecule has 236 valence electrons. The van der Waals surface area contributed by atoms with Crippen LogP contribution in [0.25, 0.3) is 72.4 Å². The van der Waals surface area contributed by atoms with Gasteiger partial charge in [-0.25, -0.2) is 0 Å². The van der Waals surface area contributed by atoms with Crippen LogP contribution in [0, 0.1) is 5.92 Å². The van der Waals surface area contributed by atoms with Gasteiger partial charge in [0, 0.05) is 0 Å². The molecule has 7 aromatic carbocycles. The Labute approximate surface area is 288 Å². The summed E-state index contributed by atoms with van der Waals surface area (Å²) in [6.07, 6.45) is 18.2. The van der Waals surface area contributed by atoms with Crippen molar-refractivity contribution in [1.82, 2.24) is 0 Å². The molecule has 1 atom stereocenters. The SMILES string of the molecule is C=c1/c2ccc3cccc(c13)/C=C\C(C)\C=C/C=2C1=C/CC(C)(C)c2cc(-c3ccc4ccc5cccc6ccc3c4c56)ccc2C/C=C\1. The lowest BCUT2D eigenvalue weighted by Gasteiger charge is -2.27. The molecular weight excluding hydrogens is 589 g/mol. The van der Waals surface area contributed by atoms with Gasteiger partial charge in [0.25, 0.3) is 0 Å². The predicted octanol–water partition coefficient (Wildman–Crippen LogP) is 11.6. The van der Waals surface area contributed by atoms with Gasteiger partial charge >= 0.3 is 0 Å². The van der Waals surface area contributed by atoms with Gasteiger partial charge in [0.05, 0.1) is 0 Å². The minimum Gasteiger partial charge on any atom is -0.0905 e. The fourth-order valence-electron chi connectivity index (χ4n) is 8.38. The topological polar surface area (TPSA) is 0 Å². The van der Waals surface area contributed by atoms with E-state index in [9.17, 15) is 0 Å². The van der Waals surface area contributed by atoms with Crippen molar-refractivity contribution in [3.8, 4) is 11.1 Å². The van der Waals surface area contributed by atoms with Gasteiger partial charge in [-0.1, -0.05) is 173 Å². The molecule has 2 bridgehead atoms. The second-order valence-electron chi connectivity index (χ2n) is 14.7. The molecule has 0 saturated carbocycles. The van der Waals surface area contributed by atoms with E-state index in [-0.39, 0.29) is 5.41 Å². The highest BCUT2D eigenvalue weighted by molar-refractivity contribution is 6.25. The second-order valence-corrected chi connectivity index (χ2v) is 14.7. The van der Waals surface area contributed by atoms with E-state index in [1.165, 1.54) is 87.3 Å². The van der Waals surface area contributed by atoms with Gasteiger partial charge in [0.15, 0.2) is 0 Å². The first kappa shape index (κ1) is 29.7. The van der Waals surface area contributed by atoms with Gasteiger partial charge in [0.1, 0.15) is 0 Å². The molecule has 49 heavy (non-hydrogen) atoms. The number of rotatable bonds is 2. The van der Waals surface area contributed by atoms with Gasteiger partial charge < -0.3 is 0 Å². The van der Waals surface area contributed by atoms with Crippen molar-refractivity contribution in [2.24, 2.45) is 5.92 Å². The fraction of sp³-hybridized carbons (Fsp3) is 0.143. The second kappa shape index (κ2) is 11.3. The molecule has 7 aromatic rings. The average Bonchev–Trinajstić information content (AvgIpc) is 3.17. The summed E-state index contributed by atoms with van der Waals surface area (Å²) in [4.78, 5) is 0. The van der Waals surface area contributed by atoms with Crippen LogP contribution in [0.5, 0.6) is 0 Å². The zero-order valence-corrected chi connectivity index (χ0v) is 28.6. The molecule has 0 fully saturated rings. The third-order valence-electron chi connectivity index (χ3n) is 11.1. The summed E-state index contributed by atoms with van der Waals surface area (Å²) >= 11 is 0. The summed E-state index contributed by atoms with van der Waals surface area (Å²) in [5.74, 6) is 0.322. The summed E-state index contributed by atoms with van der Waals surface area (Å²) in [7, 11) is 0. The standard InChI is InChI=1S/C49H40/c1-31-14-16-35-10-6-11-36-21-25-41(32(2)46(35)36)42(24-15-31)33-8-5-9-34-17-20-40(30-45(34)49(3,4)29-28-33)43-26-22-39-19-18-37-12-7-13-38-23-27-44(43)48(39)47(37)38/h5-8,10-28,30-31H,2,9,29H2,1,3-4H3/b8-5-,16-14-,24-15-,33-28+,42-41+. The van der Waals surface area contributed by atoms with Crippen LogP contribution < -0.4 is 10.4 Å².